The summed E-state index contributed by atoms with van der Waals surface area (Å²) < 4.78 is 11.5. The van der Waals surface area contributed by atoms with E-state index in [4.69, 9.17) is 9.47 Å². The topological polar surface area (TPSA) is 55.8 Å². The highest BCUT2D eigenvalue weighted by atomic mass is 16.6. The van der Waals surface area contributed by atoms with Gasteiger partial charge in [0.05, 0.1) is 11.6 Å². The summed E-state index contributed by atoms with van der Waals surface area (Å²) in [7, 11) is 1.60. The minimum absolute atomic E-state index is 0.104. The van der Waals surface area contributed by atoms with Gasteiger partial charge in [0.1, 0.15) is 11.8 Å². The standard InChI is InChI=1S/C22H23NO4/c1-22(26-2)14-17(24)13-18(22)23-19(15-9-5-3-6-10-15)20(27-21(23)25)16-11-7-4-8-12-16/h3-12,18-20H,13-14H2,1-2H3/t18-,19-,20+,22-/m1/s1. The maximum Gasteiger partial charge on any atom is 0.411 e. The zero-order valence-electron chi connectivity index (χ0n) is 15.5. The van der Waals surface area contributed by atoms with Crippen molar-refractivity contribution in [3.63, 3.8) is 0 Å². The van der Waals surface area contributed by atoms with Crippen LogP contribution in [-0.2, 0) is 14.3 Å². The molecule has 1 heterocycles. The zero-order chi connectivity index (χ0) is 19.0. The first-order valence-corrected chi connectivity index (χ1v) is 9.19. The number of cyclic esters (lactones) is 1. The summed E-state index contributed by atoms with van der Waals surface area (Å²) in [6.07, 6.45) is -0.252. The minimum atomic E-state index is -0.714. The van der Waals surface area contributed by atoms with Crippen molar-refractivity contribution in [2.45, 2.75) is 43.6 Å². The number of amides is 1. The van der Waals surface area contributed by atoms with Gasteiger partial charge in [-0.2, -0.15) is 0 Å². The first-order valence-electron chi connectivity index (χ1n) is 9.19. The molecule has 1 aliphatic heterocycles. The molecule has 2 aromatic carbocycles. The SMILES string of the molecule is CO[C@]1(C)CC(=O)C[C@H]1N1C(=O)O[C@@H](c2ccccc2)[C@H]1c1ccccc1. The lowest BCUT2D eigenvalue weighted by molar-refractivity contribution is -0.119. The predicted molar refractivity (Wildman–Crippen MR) is 100 cm³/mol. The Balaban J connectivity index is 1.80. The van der Waals surface area contributed by atoms with Gasteiger partial charge in [-0.3, -0.25) is 9.69 Å². The van der Waals surface area contributed by atoms with Gasteiger partial charge >= 0.3 is 6.09 Å². The molecule has 2 fully saturated rings. The Morgan fingerprint density at radius 3 is 2.19 bits per heavy atom. The molecule has 5 heteroatoms. The van der Waals surface area contributed by atoms with Crippen LogP contribution in [0.4, 0.5) is 4.79 Å². The zero-order valence-corrected chi connectivity index (χ0v) is 15.5. The molecule has 27 heavy (non-hydrogen) atoms. The van der Waals surface area contributed by atoms with Gasteiger partial charge in [-0.05, 0) is 18.1 Å². The first kappa shape index (κ1) is 17.7. The molecule has 0 N–H and O–H groups in total. The molecule has 1 aliphatic carbocycles. The third-order valence-corrected chi connectivity index (χ3v) is 5.77. The van der Waals surface area contributed by atoms with Crippen LogP contribution in [0.1, 0.15) is 43.0 Å². The lowest BCUT2D eigenvalue weighted by Crippen LogP contribution is -2.50. The van der Waals surface area contributed by atoms with Gasteiger partial charge in [0, 0.05) is 20.0 Å². The van der Waals surface area contributed by atoms with E-state index in [0.717, 1.165) is 11.1 Å². The molecule has 4 rings (SSSR count). The highest BCUT2D eigenvalue weighted by Crippen LogP contribution is 2.48. The maximum absolute atomic E-state index is 13.0. The van der Waals surface area contributed by atoms with Crippen molar-refractivity contribution < 1.29 is 19.1 Å². The summed E-state index contributed by atoms with van der Waals surface area (Å²) in [6.45, 7) is 1.90. The average Bonchev–Trinajstić information content (AvgIpc) is 3.19. The van der Waals surface area contributed by atoms with E-state index in [-0.39, 0.29) is 24.3 Å². The van der Waals surface area contributed by atoms with Crippen LogP contribution in [0.2, 0.25) is 0 Å². The van der Waals surface area contributed by atoms with E-state index in [9.17, 15) is 9.59 Å². The van der Waals surface area contributed by atoms with Crippen molar-refractivity contribution in [2.75, 3.05) is 7.11 Å². The van der Waals surface area contributed by atoms with E-state index in [2.05, 4.69) is 0 Å². The molecule has 0 spiro atoms. The van der Waals surface area contributed by atoms with Crippen LogP contribution in [0.15, 0.2) is 60.7 Å². The van der Waals surface area contributed by atoms with E-state index < -0.39 is 17.8 Å². The average molecular weight is 365 g/mol. The second kappa shape index (κ2) is 6.82. The smallest absolute Gasteiger partial charge is 0.411 e. The monoisotopic (exact) mass is 365 g/mol. The Bertz CT molecular complexity index is 838. The van der Waals surface area contributed by atoms with E-state index in [1.165, 1.54) is 0 Å². The summed E-state index contributed by atoms with van der Waals surface area (Å²) in [5, 5.41) is 0. The number of nitrogens with zero attached hydrogens (tertiary/aromatic N) is 1. The molecule has 4 atom stereocenters. The highest BCUT2D eigenvalue weighted by Gasteiger charge is 2.55. The number of rotatable bonds is 4. The normalized spacial score (nSPS) is 30.6. The number of ketones is 1. The largest absolute Gasteiger partial charge is 0.439 e. The molecule has 5 nitrogen and oxygen atoms in total. The van der Waals surface area contributed by atoms with Gasteiger partial charge in [-0.15, -0.1) is 0 Å². The number of hydrogen-bond donors (Lipinski definition) is 0. The summed E-state index contributed by atoms with van der Waals surface area (Å²) in [5.74, 6) is 0.104. The number of benzene rings is 2. The molecule has 2 aromatic rings. The Kier molecular flexibility index (Phi) is 4.48. The van der Waals surface area contributed by atoms with E-state index >= 15 is 0 Å². The van der Waals surface area contributed by atoms with Gasteiger partial charge < -0.3 is 9.47 Å². The fourth-order valence-corrected chi connectivity index (χ4v) is 4.31. The quantitative estimate of drug-likeness (QED) is 0.820. The molecule has 2 aliphatic rings. The Hall–Kier alpha value is -2.66. The van der Waals surface area contributed by atoms with Gasteiger partial charge in [0.15, 0.2) is 6.10 Å². The number of hydrogen-bond acceptors (Lipinski definition) is 4. The maximum atomic E-state index is 13.0. The number of carbonyl (C=O) groups excluding carboxylic acids is 2. The molecule has 1 saturated carbocycles. The summed E-state index contributed by atoms with van der Waals surface area (Å²) in [6, 6.07) is 18.9. The molecule has 0 aromatic heterocycles. The number of ether oxygens (including phenoxy) is 2. The van der Waals surface area contributed by atoms with Crippen molar-refractivity contribution in [3.05, 3.63) is 71.8 Å². The molecule has 1 saturated heterocycles. The Morgan fingerprint density at radius 2 is 1.59 bits per heavy atom. The predicted octanol–water partition coefficient (Wildman–Crippen LogP) is 4.06. The van der Waals surface area contributed by atoms with E-state index in [1.54, 1.807) is 12.0 Å². The van der Waals surface area contributed by atoms with Crippen molar-refractivity contribution in [1.82, 2.24) is 4.90 Å². The van der Waals surface area contributed by atoms with Gasteiger partial charge in [-0.25, -0.2) is 4.79 Å². The molecule has 0 unspecified atom stereocenters. The van der Waals surface area contributed by atoms with E-state index in [1.807, 2.05) is 67.6 Å². The van der Waals surface area contributed by atoms with Crippen molar-refractivity contribution in [3.8, 4) is 0 Å². The molecule has 0 radical (unpaired) electrons. The fraction of sp³-hybridized carbons (Fsp3) is 0.364. The molecule has 140 valence electrons. The molecule has 1 amide bonds. The van der Waals surface area contributed by atoms with Crippen molar-refractivity contribution in [1.29, 1.82) is 0 Å². The van der Waals surface area contributed by atoms with Crippen LogP contribution in [0.3, 0.4) is 0 Å². The highest BCUT2D eigenvalue weighted by molar-refractivity contribution is 5.85. The third kappa shape index (κ3) is 3.02. The second-order valence-corrected chi connectivity index (χ2v) is 7.43. The first-order chi connectivity index (χ1) is 13.0. The van der Waals surface area contributed by atoms with Gasteiger partial charge in [-0.1, -0.05) is 60.7 Å². The van der Waals surface area contributed by atoms with E-state index in [0.29, 0.717) is 6.42 Å². The van der Waals surface area contributed by atoms with Gasteiger partial charge in [0.25, 0.3) is 0 Å². The Morgan fingerprint density at radius 1 is 1.00 bits per heavy atom. The summed E-state index contributed by atoms with van der Waals surface area (Å²) >= 11 is 0. The van der Waals surface area contributed by atoms with Gasteiger partial charge in [0.2, 0.25) is 0 Å². The molecular formula is C22H23NO4. The second-order valence-electron chi connectivity index (χ2n) is 7.43. The number of Topliss-reactive ketones (excluding diaryl/α,β-unsaturated/α-hetero) is 1. The van der Waals surface area contributed by atoms with Crippen LogP contribution in [0, 0.1) is 0 Å². The summed E-state index contributed by atoms with van der Waals surface area (Å²) in [4.78, 5) is 26.9. The fourth-order valence-electron chi connectivity index (χ4n) is 4.31. The minimum Gasteiger partial charge on any atom is -0.439 e. The van der Waals surface area contributed by atoms with Crippen LogP contribution in [-0.4, -0.2) is 35.5 Å². The molecule has 0 bridgehead atoms. The number of carbonyl (C=O) groups is 2. The lowest BCUT2D eigenvalue weighted by Gasteiger charge is -2.38. The molecular weight excluding hydrogens is 342 g/mol. The number of methoxy groups -OCH3 is 1. The van der Waals surface area contributed by atoms with Crippen LogP contribution < -0.4 is 0 Å². The summed E-state index contributed by atoms with van der Waals surface area (Å²) in [5.41, 5.74) is 1.20. The van der Waals surface area contributed by atoms with Crippen LogP contribution in [0.5, 0.6) is 0 Å². The lowest BCUT2D eigenvalue weighted by atomic mass is 9.91. The van der Waals surface area contributed by atoms with Crippen LogP contribution >= 0.6 is 0 Å². The van der Waals surface area contributed by atoms with Crippen LogP contribution in [0.25, 0.3) is 0 Å². The van der Waals surface area contributed by atoms with Crippen molar-refractivity contribution >= 4 is 11.9 Å². The van der Waals surface area contributed by atoms with Crippen molar-refractivity contribution in [2.24, 2.45) is 0 Å². The Labute approximate surface area is 158 Å². The third-order valence-electron chi connectivity index (χ3n) is 5.77.